The quantitative estimate of drug-likeness (QED) is 0.602. The van der Waals surface area contributed by atoms with Gasteiger partial charge in [-0.15, -0.1) is 0 Å². The molecule has 1 unspecified atom stereocenters. The zero-order chi connectivity index (χ0) is 17.4. The number of allylic oxidation sites excluding steroid dienone is 6. The van der Waals surface area contributed by atoms with Gasteiger partial charge in [0.15, 0.2) is 0 Å². The Balaban J connectivity index is 2.17. The second kappa shape index (κ2) is 6.39. The summed E-state index contributed by atoms with van der Waals surface area (Å²) in [6.07, 6.45) is 4.62. The summed E-state index contributed by atoms with van der Waals surface area (Å²) in [5.74, 6) is 0.960. The number of hydrogen-bond acceptors (Lipinski definition) is 1. The molecular weight excluding hydrogens is 290 g/mol. The molecule has 1 nitrogen and oxygen atoms in total. The fraction of sp³-hybridized carbons (Fsp3) is 0.348. The van der Waals surface area contributed by atoms with E-state index < -0.39 is 0 Å². The van der Waals surface area contributed by atoms with Crippen LogP contribution in [0.5, 0.6) is 0 Å². The smallest absolute Gasteiger partial charge is 0.0712 e. The molecule has 1 heteroatoms. The fourth-order valence-electron chi connectivity index (χ4n) is 3.66. The summed E-state index contributed by atoms with van der Waals surface area (Å²) in [5.41, 5.74) is 8.89. The van der Waals surface area contributed by atoms with Crippen LogP contribution in [0.4, 0.5) is 0 Å². The van der Waals surface area contributed by atoms with Crippen molar-refractivity contribution in [3.05, 3.63) is 70.5 Å². The van der Waals surface area contributed by atoms with E-state index in [0.717, 1.165) is 11.2 Å². The summed E-state index contributed by atoms with van der Waals surface area (Å²) in [6.45, 7) is 13.3. The molecule has 0 spiro atoms. The normalized spacial score (nSPS) is 18.0. The maximum absolute atomic E-state index is 5.01. The Hall–Kier alpha value is -2.15. The van der Waals surface area contributed by atoms with Gasteiger partial charge in [-0.3, -0.25) is 0 Å². The zero-order valence-electron chi connectivity index (χ0n) is 15.6. The van der Waals surface area contributed by atoms with E-state index in [0.29, 0.717) is 11.8 Å². The lowest BCUT2D eigenvalue weighted by atomic mass is 9.82. The minimum Gasteiger partial charge on any atom is -0.248 e. The maximum atomic E-state index is 5.01. The van der Waals surface area contributed by atoms with Gasteiger partial charge in [-0.2, -0.15) is 0 Å². The largest absolute Gasteiger partial charge is 0.248 e. The number of pyridine rings is 1. The summed E-state index contributed by atoms with van der Waals surface area (Å²) in [5, 5.41) is 1.21. The molecule has 0 bridgehead atoms. The van der Waals surface area contributed by atoms with Crippen LogP contribution in [0, 0.1) is 5.92 Å². The molecule has 0 N–H and O–H groups in total. The first-order chi connectivity index (χ1) is 11.4. The highest BCUT2D eigenvalue weighted by molar-refractivity contribution is 5.87. The van der Waals surface area contributed by atoms with Crippen molar-refractivity contribution >= 4 is 16.5 Å². The van der Waals surface area contributed by atoms with Crippen molar-refractivity contribution in [3.8, 4) is 0 Å². The fourth-order valence-corrected chi connectivity index (χ4v) is 3.66. The SMILES string of the molecule is CC1=CC(C)C(=C(C)C)C(c2ccc3ccc(C(C)C)cc3n2)=C1. The minimum atomic E-state index is 0.439. The Bertz CT molecular complexity index is 874. The molecule has 0 fully saturated rings. The van der Waals surface area contributed by atoms with Crippen LogP contribution in [0.1, 0.15) is 58.7 Å². The highest BCUT2D eigenvalue weighted by Gasteiger charge is 2.20. The third kappa shape index (κ3) is 3.08. The van der Waals surface area contributed by atoms with Gasteiger partial charge in [0.1, 0.15) is 0 Å². The van der Waals surface area contributed by atoms with Crippen molar-refractivity contribution in [1.82, 2.24) is 4.98 Å². The molecule has 1 heterocycles. The predicted molar refractivity (Wildman–Crippen MR) is 105 cm³/mol. The number of hydrogen-bond donors (Lipinski definition) is 0. The van der Waals surface area contributed by atoms with Gasteiger partial charge in [-0.05, 0) is 56.0 Å². The molecule has 0 radical (unpaired) electrons. The first-order valence-electron chi connectivity index (χ1n) is 8.85. The summed E-state index contributed by atoms with van der Waals surface area (Å²) in [4.78, 5) is 5.01. The van der Waals surface area contributed by atoms with Crippen molar-refractivity contribution in [2.75, 3.05) is 0 Å². The highest BCUT2D eigenvalue weighted by atomic mass is 14.7. The Morgan fingerprint density at radius 1 is 1.08 bits per heavy atom. The molecule has 24 heavy (non-hydrogen) atoms. The van der Waals surface area contributed by atoms with Gasteiger partial charge < -0.3 is 0 Å². The van der Waals surface area contributed by atoms with E-state index >= 15 is 0 Å². The van der Waals surface area contributed by atoms with Crippen molar-refractivity contribution in [2.24, 2.45) is 5.92 Å². The number of fused-ring (bicyclic) bond motifs is 1. The van der Waals surface area contributed by atoms with Crippen LogP contribution in [0.15, 0.2) is 59.2 Å². The number of rotatable bonds is 2. The summed E-state index contributed by atoms with van der Waals surface area (Å²) in [7, 11) is 0. The van der Waals surface area contributed by atoms with E-state index in [2.05, 4.69) is 84.0 Å². The lowest BCUT2D eigenvalue weighted by Gasteiger charge is -2.23. The van der Waals surface area contributed by atoms with E-state index in [-0.39, 0.29) is 0 Å². The van der Waals surface area contributed by atoms with E-state index in [4.69, 9.17) is 4.98 Å². The van der Waals surface area contributed by atoms with Crippen LogP contribution in [0.2, 0.25) is 0 Å². The molecule has 1 aromatic heterocycles. The first kappa shape index (κ1) is 16.7. The molecule has 0 aliphatic heterocycles. The minimum absolute atomic E-state index is 0.439. The van der Waals surface area contributed by atoms with Crippen LogP contribution >= 0.6 is 0 Å². The molecule has 2 aromatic rings. The molecule has 1 atom stereocenters. The van der Waals surface area contributed by atoms with Crippen LogP contribution in [0.3, 0.4) is 0 Å². The third-order valence-electron chi connectivity index (χ3n) is 4.83. The summed E-state index contributed by atoms with van der Waals surface area (Å²) in [6, 6.07) is 11.0. The average Bonchev–Trinajstić information content (AvgIpc) is 2.52. The highest BCUT2D eigenvalue weighted by Crippen LogP contribution is 2.37. The molecule has 1 aliphatic carbocycles. The average molecular weight is 317 g/mol. The van der Waals surface area contributed by atoms with Crippen LogP contribution in [-0.2, 0) is 0 Å². The van der Waals surface area contributed by atoms with Crippen LogP contribution < -0.4 is 0 Å². The topological polar surface area (TPSA) is 12.9 Å². The molecule has 3 rings (SSSR count). The van der Waals surface area contributed by atoms with Gasteiger partial charge in [-0.25, -0.2) is 4.98 Å². The van der Waals surface area contributed by atoms with Crippen molar-refractivity contribution in [2.45, 2.75) is 47.5 Å². The van der Waals surface area contributed by atoms with Gasteiger partial charge in [0, 0.05) is 16.9 Å². The Labute approximate surface area is 145 Å². The standard InChI is InChI=1S/C23H27N/c1-14(2)19-8-7-18-9-10-21(24-22(18)13-19)20-12-16(5)11-17(6)23(20)15(3)4/h7-14,17H,1-6H3. The molecule has 1 aliphatic rings. The van der Waals surface area contributed by atoms with E-state index in [1.165, 1.54) is 33.2 Å². The van der Waals surface area contributed by atoms with E-state index in [1.807, 2.05) is 0 Å². The molecule has 0 saturated carbocycles. The van der Waals surface area contributed by atoms with Gasteiger partial charge >= 0.3 is 0 Å². The van der Waals surface area contributed by atoms with Gasteiger partial charge in [0.05, 0.1) is 11.2 Å². The molecule has 124 valence electrons. The van der Waals surface area contributed by atoms with Gasteiger partial charge in [0.2, 0.25) is 0 Å². The van der Waals surface area contributed by atoms with Crippen LogP contribution in [0.25, 0.3) is 16.5 Å². The number of nitrogens with zero attached hydrogens (tertiary/aromatic N) is 1. The zero-order valence-corrected chi connectivity index (χ0v) is 15.6. The lowest BCUT2D eigenvalue weighted by Crippen LogP contribution is -2.08. The second-order valence-corrected chi connectivity index (χ2v) is 7.47. The van der Waals surface area contributed by atoms with Crippen molar-refractivity contribution < 1.29 is 0 Å². The van der Waals surface area contributed by atoms with Gasteiger partial charge in [0.25, 0.3) is 0 Å². The number of aromatic nitrogens is 1. The molecular formula is C23H27N. The number of benzene rings is 1. The second-order valence-electron chi connectivity index (χ2n) is 7.47. The Morgan fingerprint density at radius 3 is 2.46 bits per heavy atom. The molecule has 0 amide bonds. The van der Waals surface area contributed by atoms with Crippen molar-refractivity contribution in [1.29, 1.82) is 0 Å². The van der Waals surface area contributed by atoms with E-state index in [9.17, 15) is 0 Å². The Morgan fingerprint density at radius 2 is 1.79 bits per heavy atom. The first-order valence-corrected chi connectivity index (χ1v) is 8.85. The Kier molecular flexibility index (Phi) is 4.45. The maximum Gasteiger partial charge on any atom is 0.0712 e. The summed E-state index contributed by atoms with van der Waals surface area (Å²) < 4.78 is 0. The monoisotopic (exact) mass is 317 g/mol. The van der Waals surface area contributed by atoms with E-state index in [1.54, 1.807) is 0 Å². The van der Waals surface area contributed by atoms with Crippen LogP contribution in [-0.4, -0.2) is 4.98 Å². The van der Waals surface area contributed by atoms with Crippen molar-refractivity contribution in [3.63, 3.8) is 0 Å². The molecule has 0 saturated heterocycles. The summed E-state index contributed by atoms with van der Waals surface area (Å²) >= 11 is 0. The lowest BCUT2D eigenvalue weighted by molar-refractivity contribution is 0.861. The predicted octanol–water partition coefficient (Wildman–Crippen LogP) is 6.67. The third-order valence-corrected chi connectivity index (χ3v) is 4.83. The van der Waals surface area contributed by atoms with Gasteiger partial charge in [-0.1, -0.05) is 56.2 Å². The molecule has 1 aromatic carbocycles.